The number of aromatic nitrogens is 2. The quantitative estimate of drug-likeness (QED) is 0.585. The average molecular weight is 375 g/mol. The second-order valence-electron chi connectivity index (χ2n) is 6.16. The van der Waals surface area contributed by atoms with Gasteiger partial charge in [0.1, 0.15) is 17.2 Å². The first-order valence-electron chi connectivity index (χ1n) is 8.53. The van der Waals surface area contributed by atoms with E-state index in [9.17, 15) is 9.59 Å². The van der Waals surface area contributed by atoms with Gasteiger partial charge in [0, 0.05) is 10.6 Å². The Morgan fingerprint density at radius 1 is 1.07 bits per heavy atom. The summed E-state index contributed by atoms with van der Waals surface area (Å²) in [4.78, 5) is 31.5. The van der Waals surface area contributed by atoms with E-state index in [1.807, 2.05) is 54.6 Å². The van der Waals surface area contributed by atoms with Gasteiger partial charge in [0.2, 0.25) is 5.91 Å². The fourth-order valence-corrected chi connectivity index (χ4v) is 3.99. The Labute approximate surface area is 159 Å². The SMILES string of the molecule is Cc1nc2sc(-c3ccccc3)cc2c(=O)n1CC(=O)Nc1ccccc1. The Bertz CT molecular complexity index is 1160. The minimum absolute atomic E-state index is 0.0704. The molecule has 0 aliphatic heterocycles. The molecule has 1 amide bonds. The van der Waals surface area contributed by atoms with Crippen LogP contribution >= 0.6 is 11.3 Å². The molecule has 2 heterocycles. The highest BCUT2D eigenvalue weighted by atomic mass is 32.1. The Morgan fingerprint density at radius 3 is 2.44 bits per heavy atom. The Kier molecular flexibility index (Phi) is 4.56. The van der Waals surface area contributed by atoms with E-state index >= 15 is 0 Å². The molecule has 6 heteroatoms. The van der Waals surface area contributed by atoms with Gasteiger partial charge in [-0.1, -0.05) is 48.5 Å². The molecule has 0 bridgehead atoms. The van der Waals surface area contributed by atoms with Crippen LogP contribution in [0.2, 0.25) is 0 Å². The summed E-state index contributed by atoms with van der Waals surface area (Å²) in [5, 5.41) is 3.34. The highest BCUT2D eigenvalue weighted by Gasteiger charge is 2.15. The van der Waals surface area contributed by atoms with Gasteiger partial charge in [-0.2, -0.15) is 0 Å². The summed E-state index contributed by atoms with van der Waals surface area (Å²) < 4.78 is 1.42. The maximum absolute atomic E-state index is 12.9. The van der Waals surface area contributed by atoms with Crippen molar-refractivity contribution >= 4 is 33.1 Å². The predicted octanol–water partition coefficient (Wildman–Crippen LogP) is 4.07. The van der Waals surface area contributed by atoms with Crippen LogP contribution in [0.3, 0.4) is 0 Å². The number of anilines is 1. The summed E-state index contributed by atoms with van der Waals surface area (Å²) in [5.74, 6) is 0.267. The zero-order valence-electron chi connectivity index (χ0n) is 14.7. The lowest BCUT2D eigenvalue weighted by Crippen LogP contribution is -2.29. The lowest BCUT2D eigenvalue weighted by molar-refractivity contribution is -0.116. The van der Waals surface area contributed by atoms with Crippen molar-refractivity contribution < 1.29 is 4.79 Å². The number of rotatable bonds is 4. The molecule has 134 valence electrons. The number of fused-ring (bicyclic) bond motifs is 1. The van der Waals surface area contributed by atoms with E-state index in [1.165, 1.54) is 15.9 Å². The van der Waals surface area contributed by atoms with Crippen molar-refractivity contribution in [2.24, 2.45) is 0 Å². The van der Waals surface area contributed by atoms with Crippen molar-refractivity contribution in [2.75, 3.05) is 5.32 Å². The molecule has 5 nitrogen and oxygen atoms in total. The molecule has 27 heavy (non-hydrogen) atoms. The molecule has 0 aliphatic rings. The van der Waals surface area contributed by atoms with E-state index in [4.69, 9.17) is 0 Å². The highest BCUT2D eigenvalue weighted by Crippen LogP contribution is 2.30. The smallest absolute Gasteiger partial charge is 0.262 e. The molecule has 4 rings (SSSR count). The van der Waals surface area contributed by atoms with Gasteiger partial charge in [0.15, 0.2) is 0 Å². The zero-order chi connectivity index (χ0) is 18.8. The third kappa shape index (κ3) is 3.52. The second-order valence-corrected chi connectivity index (χ2v) is 7.19. The molecule has 2 aromatic heterocycles. The molecule has 0 unspecified atom stereocenters. The van der Waals surface area contributed by atoms with Crippen molar-refractivity contribution in [1.29, 1.82) is 0 Å². The van der Waals surface area contributed by atoms with Gasteiger partial charge in [-0.25, -0.2) is 4.98 Å². The van der Waals surface area contributed by atoms with Crippen LogP contribution in [0, 0.1) is 6.92 Å². The van der Waals surface area contributed by atoms with Crippen molar-refractivity contribution in [3.05, 3.63) is 82.9 Å². The molecule has 0 fully saturated rings. The number of carbonyl (C=O) groups is 1. The summed E-state index contributed by atoms with van der Waals surface area (Å²) in [6, 6.07) is 20.9. The standard InChI is InChI=1S/C21H17N3O2S/c1-14-22-20-17(12-18(27-20)15-8-4-2-5-9-15)21(26)24(14)13-19(25)23-16-10-6-3-7-11-16/h2-12H,13H2,1H3,(H,23,25). The molecule has 1 N–H and O–H groups in total. The Morgan fingerprint density at radius 2 is 1.74 bits per heavy atom. The fraction of sp³-hybridized carbons (Fsp3) is 0.0952. The number of amides is 1. The zero-order valence-corrected chi connectivity index (χ0v) is 15.5. The molecule has 4 aromatic rings. The van der Waals surface area contributed by atoms with Crippen molar-refractivity contribution in [3.63, 3.8) is 0 Å². The Balaban J connectivity index is 1.67. The van der Waals surface area contributed by atoms with Crippen LogP contribution in [0.5, 0.6) is 0 Å². The molecule has 2 aromatic carbocycles. The van der Waals surface area contributed by atoms with E-state index in [0.29, 0.717) is 21.7 Å². The largest absolute Gasteiger partial charge is 0.325 e. The van der Waals surface area contributed by atoms with Crippen LogP contribution in [0.4, 0.5) is 5.69 Å². The molecule has 0 saturated heterocycles. The minimum atomic E-state index is -0.258. The number of nitrogens with zero attached hydrogens (tertiary/aromatic N) is 2. The van der Waals surface area contributed by atoms with E-state index in [-0.39, 0.29) is 18.0 Å². The number of hydrogen-bond donors (Lipinski definition) is 1. The number of benzene rings is 2. The van der Waals surface area contributed by atoms with Gasteiger partial charge in [0.25, 0.3) is 5.56 Å². The van der Waals surface area contributed by atoms with E-state index in [2.05, 4.69) is 10.3 Å². The maximum atomic E-state index is 12.9. The van der Waals surface area contributed by atoms with Gasteiger partial charge in [-0.15, -0.1) is 11.3 Å². The summed E-state index contributed by atoms with van der Waals surface area (Å²) in [5.41, 5.74) is 1.55. The fourth-order valence-electron chi connectivity index (χ4n) is 2.91. The monoisotopic (exact) mass is 375 g/mol. The third-order valence-electron chi connectivity index (χ3n) is 4.26. The summed E-state index contributed by atoms with van der Waals surface area (Å²) in [6.45, 7) is 1.68. The van der Waals surface area contributed by atoms with Crippen LogP contribution < -0.4 is 10.9 Å². The number of hydrogen-bond acceptors (Lipinski definition) is 4. The molecule has 0 spiro atoms. The molecule has 0 atom stereocenters. The summed E-state index contributed by atoms with van der Waals surface area (Å²) in [6.07, 6.45) is 0. The summed E-state index contributed by atoms with van der Waals surface area (Å²) >= 11 is 1.48. The topological polar surface area (TPSA) is 64.0 Å². The van der Waals surface area contributed by atoms with Gasteiger partial charge >= 0.3 is 0 Å². The van der Waals surface area contributed by atoms with Crippen LogP contribution in [-0.4, -0.2) is 15.5 Å². The van der Waals surface area contributed by atoms with Crippen LogP contribution in [-0.2, 0) is 11.3 Å². The van der Waals surface area contributed by atoms with E-state index in [0.717, 1.165) is 10.4 Å². The van der Waals surface area contributed by atoms with Gasteiger partial charge in [-0.3, -0.25) is 14.2 Å². The van der Waals surface area contributed by atoms with Gasteiger partial charge in [0.05, 0.1) is 5.39 Å². The number of para-hydroxylation sites is 1. The molecular formula is C21H17N3O2S. The van der Waals surface area contributed by atoms with Crippen LogP contribution in [0.1, 0.15) is 5.82 Å². The Hall–Kier alpha value is -3.25. The number of nitrogens with one attached hydrogen (secondary N) is 1. The highest BCUT2D eigenvalue weighted by molar-refractivity contribution is 7.21. The van der Waals surface area contributed by atoms with E-state index < -0.39 is 0 Å². The van der Waals surface area contributed by atoms with Crippen molar-refractivity contribution in [3.8, 4) is 10.4 Å². The summed E-state index contributed by atoms with van der Waals surface area (Å²) in [7, 11) is 0. The second kappa shape index (κ2) is 7.17. The minimum Gasteiger partial charge on any atom is -0.325 e. The predicted molar refractivity (Wildman–Crippen MR) is 109 cm³/mol. The third-order valence-corrected chi connectivity index (χ3v) is 5.34. The first kappa shape index (κ1) is 17.2. The lowest BCUT2D eigenvalue weighted by Gasteiger charge is -2.10. The number of carbonyl (C=O) groups excluding carboxylic acids is 1. The van der Waals surface area contributed by atoms with Gasteiger partial charge in [-0.05, 0) is 30.7 Å². The first-order valence-corrected chi connectivity index (χ1v) is 9.35. The van der Waals surface area contributed by atoms with Crippen LogP contribution in [0.25, 0.3) is 20.7 Å². The molecule has 0 radical (unpaired) electrons. The average Bonchev–Trinajstić information content (AvgIpc) is 3.11. The van der Waals surface area contributed by atoms with Crippen molar-refractivity contribution in [1.82, 2.24) is 9.55 Å². The van der Waals surface area contributed by atoms with Crippen molar-refractivity contribution in [2.45, 2.75) is 13.5 Å². The maximum Gasteiger partial charge on any atom is 0.262 e. The molecular weight excluding hydrogens is 358 g/mol. The first-order chi connectivity index (χ1) is 13.1. The number of aryl methyl sites for hydroxylation is 1. The molecule has 0 aliphatic carbocycles. The van der Waals surface area contributed by atoms with Gasteiger partial charge < -0.3 is 5.32 Å². The van der Waals surface area contributed by atoms with E-state index in [1.54, 1.807) is 19.1 Å². The number of thiophene rings is 1. The normalized spacial score (nSPS) is 10.9. The van der Waals surface area contributed by atoms with Crippen LogP contribution in [0.15, 0.2) is 71.5 Å². The molecule has 0 saturated carbocycles. The lowest BCUT2D eigenvalue weighted by atomic mass is 10.2.